The fourth-order valence-electron chi connectivity index (χ4n) is 2.71. The van der Waals surface area contributed by atoms with E-state index in [4.69, 9.17) is 10.5 Å². The smallest absolute Gasteiger partial charge is 0.341 e. The first-order valence-electron chi connectivity index (χ1n) is 6.90. The Kier molecular flexibility index (Phi) is 4.30. The van der Waals surface area contributed by atoms with Crippen LogP contribution >= 0.6 is 0 Å². The number of aromatic carboxylic acids is 1. The summed E-state index contributed by atoms with van der Waals surface area (Å²) in [5.74, 6) is 0.155. The van der Waals surface area contributed by atoms with Crippen LogP contribution < -0.4 is 10.5 Å². The summed E-state index contributed by atoms with van der Waals surface area (Å²) in [5, 5.41) is 9.20. The minimum atomic E-state index is -1.03. The average Bonchev–Trinajstić information content (AvgIpc) is 2.39. The molecule has 0 heterocycles. The zero-order valence-corrected chi connectivity index (χ0v) is 11.3. The van der Waals surface area contributed by atoms with Gasteiger partial charge in [0.25, 0.3) is 0 Å². The molecule has 0 bridgehead atoms. The van der Waals surface area contributed by atoms with E-state index in [1.165, 1.54) is 6.42 Å². The second kappa shape index (κ2) is 5.95. The zero-order valence-electron chi connectivity index (χ0n) is 11.3. The molecule has 104 valence electrons. The Bertz CT molecular complexity index is 451. The summed E-state index contributed by atoms with van der Waals surface area (Å²) in [6.07, 6.45) is 5.63. The number of hydrogen-bond acceptors (Lipinski definition) is 3. The highest BCUT2D eigenvalue weighted by molar-refractivity contribution is 5.96. The van der Waals surface area contributed by atoms with E-state index in [9.17, 15) is 9.90 Å². The molecule has 0 unspecified atom stereocenters. The molecule has 0 spiro atoms. The predicted octanol–water partition coefficient (Wildman–Crippen LogP) is 3.31. The maximum atomic E-state index is 11.2. The summed E-state index contributed by atoms with van der Waals surface area (Å²) >= 11 is 0. The quantitative estimate of drug-likeness (QED) is 0.817. The van der Waals surface area contributed by atoms with Gasteiger partial charge in [-0.15, -0.1) is 0 Å². The summed E-state index contributed by atoms with van der Waals surface area (Å²) in [5.41, 5.74) is 6.05. The second-order valence-corrected chi connectivity index (χ2v) is 5.19. The third kappa shape index (κ3) is 3.19. The Hall–Kier alpha value is -1.71. The number of carboxylic acids is 1. The van der Waals surface area contributed by atoms with Gasteiger partial charge in [0.05, 0.1) is 6.10 Å². The first-order valence-corrected chi connectivity index (χ1v) is 6.90. The van der Waals surface area contributed by atoms with Crippen molar-refractivity contribution in [2.45, 2.75) is 45.1 Å². The van der Waals surface area contributed by atoms with Crippen LogP contribution in [0.15, 0.2) is 18.2 Å². The molecule has 3 N–H and O–H groups in total. The van der Waals surface area contributed by atoms with Crippen LogP contribution in [0.4, 0.5) is 5.69 Å². The van der Waals surface area contributed by atoms with Gasteiger partial charge >= 0.3 is 5.97 Å². The minimum absolute atomic E-state index is 0.0834. The van der Waals surface area contributed by atoms with Gasteiger partial charge < -0.3 is 15.6 Å². The van der Waals surface area contributed by atoms with E-state index >= 15 is 0 Å². The molecule has 0 radical (unpaired) electrons. The van der Waals surface area contributed by atoms with Gasteiger partial charge in [-0.25, -0.2) is 4.79 Å². The standard InChI is InChI=1S/C15H21NO3/c1-2-10-6-8-11(9-7-10)19-13-5-3-4-12(16)14(13)15(17)18/h3-5,10-11H,2,6-9,16H2,1H3,(H,17,18). The van der Waals surface area contributed by atoms with Gasteiger partial charge in [0, 0.05) is 5.69 Å². The van der Waals surface area contributed by atoms with Crippen LogP contribution in [-0.2, 0) is 0 Å². The monoisotopic (exact) mass is 263 g/mol. The number of carbonyl (C=O) groups is 1. The molecule has 1 saturated carbocycles. The molecule has 0 saturated heterocycles. The van der Waals surface area contributed by atoms with Crippen molar-refractivity contribution in [1.82, 2.24) is 0 Å². The van der Waals surface area contributed by atoms with Gasteiger partial charge in [0.15, 0.2) is 0 Å². The lowest BCUT2D eigenvalue weighted by molar-refractivity contribution is 0.0685. The molecule has 4 heteroatoms. The fourth-order valence-corrected chi connectivity index (χ4v) is 2.71. The van der Waals surface area contributed by atoms with Crippen molar-refractivity contribution in [3.63, 3.8) is 0 Å². The van der Waals surface area contributed by atoms with E-state index in [-0.39, 0.29) is 17.4 Å². The van der Waals surface area contributed by atoms with Crippen molar-refractivity contribution in [1.29, 1.82) is 0 Å². The topological polar surface area (TPSA) is 72.5 Å². The number of nitrogens with two attached hydrogens (primary N) is 1. The van der Waals surface area contributed by atoms with E-state index in [0.29, 0.717) is 5.75 Å². The van der Waals surface area contributed by atoms with Crippen molar-refractivity contribution >= 4 is 11.7 Å². The van der Waals surface area contributed by atoms with Gasteiger partial charge in [0.2, 0.25) is 0 Å². The SMILES string of the molecule is CCC1CCC(Oc2cccc(N)c2C(=O)O)CC1. The summed E-state index contributed by atoms with van der Waals surface area (Å²) < 4.78 is 5.86. The molecular weight excluding hydrogens is 242 g/mol. The molecule has 1 aromatic carbocycles. The van der Waals surface area contributed by atoms with Crippen molar-refractivity contribution in [2.75, 3.05) is 5.73 Å². The Morgan fingerprint density at radius 3 is 2.63 bits per heavy atom. The van der Waals surface area contributed by atoms with E-state index in [2.05, 4.69) is 6.92 Å². The molecule has 4 nitrogen and oxygen atoms in total. The molecule has 1 fully saturated rings. The van der Waals surface area contributed by atoms with Gasteiger partial charge in [0.1, 0.15) is 11.3 Å². The lowest BCUT2D eigenvalue weighted by Gasteiger charge is -2.28. The third-order valence-electron chi connectivity index (χ3n) is 3.94. The Morgan fingerprint density at radius 2 is 2.05 bits per heavy atom. The first-order chi connectivity index (χ1) is 9.11. The van der Waals surface area contributed by atoms with Crippen LogP contribution in [0.25, 0.3) is 0 Å². The molecule has 19 heavy (non-hydrogen) atoms. The second-order valence-electron chi connectivity index (χ2n) is 5.19. The molecule has 0 aliphatic heterocycles. The van der Waals surface area contributed by atoms with Crippen molar-refractivity contribution in [2.24, 2.45) is 5.92 Å². The first kappa shape index (κ1) is 13.7. The average molecular weight is 263 g/mol. The fraction of sp³-hybridized carbons (Fsp3) is 0.533. The number of anilines is 1. The van der Waals surface area contributed by atoms with Gasteiger partial charge in [-0.2, -0.15) is 0 Å². The number of benzene rings is 1. The highest BCUT2D eigenvalue weighted by Crippen LogP contribution is 2.32. The van der Waals surface area contributed by atoms with Crippen molar-refractivity contribution in [3.05, 3.63) is 23.8 Å². The normalized spacial score (nSPS) is 23.0. The van der Waals surface area contributed by atoms with Gasteiger partial charge in [-0.3, -0.25) is 0 Å². The maximum absolute atomic E-state index is 11.2. The Balaban J connectivity index is 2.08. The largest absolute Gasteiger partial charge is 0.489 e. The lowest BCUT2D eigenvalue weighted by Crippen LogP contribution is -2.24. The van der Waals surface area contributed by atoms with Gasteiger partial charge in [-0.05, 0) is 43.7 Å². The van der Waals surface area contributed by atoms with Crippen LogP contribution in [0.5, 0.6) is 5.75 Å². The highest BCUT2D eigenvalue weighted by atomic mass is 16.5. The summed E-state index contributed by atoms with van der Waals surface area (Å²) in [7, 11) is 0. The van der Waals surface area contributed by atoms with E-state index < -0.39 is 5.97 Å². The van der Waals surface area contributed by atoms with E-state index in [0.717, 1.165) is 31.6 Å². The van der Waals surface area contributed by atoms with Crippen LogP contribution in [0.3, 0.4) is 0 Å². The molecule has 0 aromatic heterocycles. The summed E-state index contributed by atoms with van der Waals surface area (Å²) in [6, 6.07) is 5.00. The summed E-state index contributed by atoms with van der Waals surface area (Å²) in [4.78, 5) is 11.2. The molecule has 1 aliphatic rings. The number of rotatable bonds is 4. The third-order valence-corrected chi connectivity index (χ3v) is 3.94. The van der Waals surface area contributed by atoms with E-state index in [1.807, 2.05) is 0 Å². The molecule has 2 rings (SSSR count). The number of nitrogen functional groups attached to an aromatic ring is 1. The molecular formula is C15H21NO3. The maximum Gasteiger partial charge on any atom is 0.341 e. The Labute approximate surface area is 113 Å². The molecule has 1 aliphatic carbocycles. The molecule has 1 aromatic rings. The predicted molar refractivity (Wildman–Crippen MR) is 74.5 cm³/mol. The van der Waals surface area contributed by atoms with Crippen LogP contribution in [0.2, 0.25) is 0 Å². The molecule has 0 atom stereocenters. The summed E-state index contributed by atoms with van der Waals surface area (Å²) in [6.45, 7) is 2.21. The number of ether oxygens (including phenoxy) is 1. The highest BCUT2D eigenvalue weighted by Gasteiger charge is 2.23. The minimum Gasteiger partial charge on any atom is -0.489 e. The van der Waals surface area contributed by atoms with Crippen LogP contribution in [0, 0.1) is 5.92 Å². The van der Waals surface area contributed by atoms with Crippen molar-refractivity contribution in [3.8, 4) is 5.75 Å². The van der Waals surface area contributed by atoms with Gasteiger partial charge in [-0.1, -0.05) is 19.4 Å². The van der Waals surface area contributed by atoms with Crippen LogP contribution in [0.1, 0.15) is 49.4 Å². The number of carboxylic acid groups (broad SMARTS) is 1. The van der Waals surface area contributed by atoms with Crippen molar-refractivity contribution < 1.29 is 14.6 Å². The zero-order chi connectivity index (χ0) is 13.8. The lowest BCUT2D eigenvalue weighted by atomic mass is 9.86. The van der Waals surface area contributed by atoms with Crippen LogP contribution in [-0.4, -0.2) is 17.2 Å². The molecule has 0 amide bonds. The Morgan fingerprint density at radius 1 is 1.37 bits per heavy atom. The van der Waals surface area contributed by atoms with E-state index in [1.54, 1.807) is 18.2 Å². The number of hydrogen-bond donors (Lipinski definition) is 2.